The minimum absolute atomic E-state index is 0.0183. The number of fused-ring (bicyclic) bond motifs is 1. The fraction of sp³-hybridized carbons (Fsp3) is 0.368. The van der Waals surface area contributed by atoms with Crippen LogP contribution < -0.4 is 5.32 Å². The Morgan fingerprint density at radius 1 is 1.28 bits per heavy atom. The largest absolute Gasteiger partial charge is 0.353 e. The normalized spacial score (nSPS) is 12.3. The highest BCUT2D eigenvalue weighted by Gasteiger charge is 2.11. The zero-order chi connectivity index (χ0) is 17.8. The van der Waals surface area contributed by atoms with E-state index in [1.165, 1.54) is 11.1 Å². The number of imidazole rings is 1. The van der Waals surface area contributed by atoms with Crippen molar-refractivity contribution < 1.29 is 4.79 Å². The van der Waals surface area contributed by atoms with E-state index in [1.807, 2.05) is 13.0 Å². The van der Waals surface area contributed by atoms with Crippen molar-refractivity contribution >= 4 is 16.9 Å². The van der Waals surface area contributed by atoms with Crippen LogP contribution in [-0.4, -0.2) is 31.9 Å². The van der Waals surface area contributed by atoms with Crippen LogP contribution in [0.25, 0.3) is 11.0 Å². The standard InChI is InChI=1S/C19H23N5O/c1-12-4-5-16-19(14(12)3)24-17(23-16)6-7-18(25)22-13(2)10-15-11-20-8-9-21-15/h4-5,8-9,11,13H,6-7,10H2,1-3H3,(H,22,25)(H,23,24)/t13-/m0/s1. The van der Waals surface area contributed by atoms with Crippen LogP contribution in [0.5, 0.6) is 0 Å². The number of aromatic nitrogens is 4. The number of H-pyrrole nitrogens is 1. The Bertz CT molecular complexity index is 872. The molecule has 0 saturated carbocycles. The Morgan fingerprint density at radius 3 is 2.88 bits per heavy atom. The van der Waals surface area contributed by atoms with Crippen molar-refractivity contribution in [3.05, 3.63) is 53.4 Å². The number of benzene rings is 1. The number of nitrogens with zero attached hydrogens (tertiary/aromatic N) is 3. The molecule has 130 valence electrons. The number of carbonyl (C=O) groups is 1. The molecule has 6 heteroatoms. The molecule has 0 unspecified atom stereocenters. The molecule has 1 atom stereocenters. The number of carbonyl (C=O) groups excluding carboxylic acids is 1. The Labute approximate surface area is 147 Å². The molecule has 6 nitrogen and oxygen atoms in total. The quantitative estimate of drug-likeness (QED) is 0.724. The summed E-state index contributed by atoms with van der Waals surface area (Å²) in [5, 5.41) is 3.00. The topological polar surface area (TPSA) is 83.6 Å². The van der Waals surface area contributed by atoms with Crippen molar-refractivity contribution in [2.45, 2.75) is 46.1 Å². The summed E-state index contributed by atoms with van der Waals surface area (Å²) in [6, 6.07) is 4.14. The van der Waals surface area contributed by atoms with Gasteiger partial charge in [-0.2, -0.15) is 0 Å². The van der Waals surface area contributed by atoms with Crippen molar-refractivity contribution in [1.82, 2.24) is 25.3 Å². The molecule has 0 fully saturated rings. The van der Waals surface area contributed by atoms with E-state index in [-0.39, 0.29) is 11.9 Å². The molecule has 0 saturated heterocycles. The smallest absolute Gasteiger partial charge is 0.220 e. The fourth-order valence-electron chi connectivity index (χ4n) is 2.86. The molecular formula is C19H23N5O. The van der Waals surface area contributed by atoms with Gasteiger partial charge in [0.05, 0.1) is 16.7 Å². The van der Waals surface area contributed by atoms with Gasteiger partial charge in [0.1, 0.15) is 5.82 Å². The van der Waals surface area contributed by atoms with Crippen LogP contribution in [0.3, 0.4) is 0 Å². The second-order valence-corrected chi connectivity index (χ2v) is 6.46. The van der Waals surface area contributed by atoms with Gasteiger partial charge in [-0.3, -0.25) is 14.8 Å². The molecule has 0 spiro atoms. The van der Waals surface area contributed by atoms with Gasteiger partial charge in [-0.1, -0.05) is 6.07 Å². The highest BCUT2D eigenvalue weighted by molar-refractivity contribution is 5.80. The number of amides is 1. The second kappa shape index (κ2) is 7.42. The predicted octanol–water partition coefficient (Wildman–Crippen LogP) is 2.65. The van der Waals surface area contributed by atoms with Crippen LogP contribution in [0.4, 0.5) is 0 Å². The maximum absolute atomic E-state index is 12.2. The molecule has 2 heterocycles. The fourth-order valence-corrected chi connectivity index (χ4v) is 2.86. The maximum Gasteiger partial charge on any atom is 0.220 e. The summed E-state index contributed by atoms with van der Waals surface area (Å²) in [5.41, 5.74) is 5.29. The van der Waals surface area contributed by atoms with Gasteiger partial charge in [-0.25, -0.2) is 4.98 Å². The lowest BCUT2D eigenvalue weighted by Crippen LogP contribution is -2.34. The predicted molar refractivity (Wildman–Crippen MR) is 97.2 cm³/mol. The molecule has 1 amide bonds. The van der Waals surface area contributed by atoms with E-state index in [0.717, 1.165) is 22.6 Å². The molecule has 1 aromatic carbocycles. The average molecular weight is 337 g/mol. The van der Waals surface area contributed by atoms with E-state index in [9.17, 15) is 4.79 Å². The molecule has 0 aliphatic heterocycles. The third-order valence-electron chi connectivity index (χ3n) is 4.36. The maximum atomic E-state index is 12.2. The molecule has 0 bridgehead atoms. The summed E-state index contributed by atoms with van der Waals surface area (Å²) in [4.78, 5) is 28.4. The molecule has 0 aliphatic rings. The first-order valence-electron chi connectivity index (χ1n) is 8.52. The molecule has 2 aromatic heterocycles. The Balaban J connectivity index is 1.54. The van der Waals surface area contributed by atoms with E-state index in [4.69, 9.17) is 0 Å². The van der Waals surface area contributed by atoms with Gasteiger partial charge in [0.2, 0.25) is 5.91 Å². The van der Waals surface area contributed by atoms with Crippen LogP contribution >= 0.6 is 0 Å². The molecule has 3 rings (SSSR count). The highest BCUT2D eigenvalue weighted by Crippen LogP contribution is 2.19. The van der Waals surface area contributed by atoms with Gasteiger partial charge in [-0.05, 0) is 38.0 Å². The number of hydrogen-bond donors (Lipinski definition) is 2. The summed E-state index contributed by atoms with van der Waals surface area (Å²) in [5.74, 6) is 0.866. The molecule has 25 heavy (non-hydrogen) atoms. The number of nitrogens with one attached hydrogen (secondary N) is 2. The third kappa shape index (κ3) is 4.21. The second-order valence-electron chi connectivity index (χ2n) is 6.46. The molecule has 0 radical (unpaired) electrons. The lowest BCUT2D eigenvalue weighted by atomic mass is 10.1. The zero-order valence-electron chi connectivity index (χ0n) is 14.8. The van der Waals surface area contributed by atoms with Crippen LogP contribution in [0.1, 0.15) is 36.0 Å². The van der Waals surface area contributed by atoms with E-state index in [1.54, 1.807) is 18.6 Å². The molecule has 0 aliphatic carbocycles. The van der Waals surface area contributed by atoms with E-state index >= 15 is 0 Å². The van der Waals surface area contributed by atoms with Crippen molar-refractivity contribution in [2.75, 3.05) is 0 Å². The minimum Gasteiger partial charge on any atom is -0.353 e. The zero-order valence-corrected chi connectivity index (χ0v) is 14.8. The number of rotatable bonds is 6. The van der Waals surface area contributed by atoms with E-state index in [2.05, 4.69) is 45.2 Å². The van der Waals surface area contributed by atoms with Crippen LogP contribution in [0, 0.1) is 13.8 Å². The summed E-state index contributed by atoms with van der Waals surface area (Å²) in [6.07, 6.45) is 6.70. The number of hydrogen-bond acceptors (Lipinski definition) is 4. The minimum atomic E-state index is 0.0183. The Hall–Kier alpha value is -2.76. The lowest BCUT2D eigenvalue weighted by Gasteiger charge is -2.12. The SMILES string of the molecule is Cc1ccc2[nH]c(CCC(=O)N[C@@H](C)Cc3cnccn3)nc2c1C. The van der Waals surface area contributed by atoms with Gasteiger partial charge in [-0.15, -0.1) is 0 Å². The Kier molecular flexibility index (Phi) is 5.07. The van der Waals surface area contributed by atoms with Crippen molar-refractivity contribution in [1.29, 1.82) is 0 Å². The monoisotopic (exact) mass is 337 g/mol. The van der Waals surface area contributed by atoms with Gasteiger partial charge in [0.25, 0.3) is 0 Å². The first kappa shape index (κ1) is 17.1. The van der Waals surface area contributed by atoms with Gasteiger partial charge in [0, 0.05) is 43.9 Å². The lowest BCUT2D eigenvalue weighted by molar-refractivity contribution is -0.121. The van der Waals surface area contributed by atoms with Gasteiger partial charge in [0.15, 0.2) is 0 Å². The van der Waals surface area contributed by atoms with Gasteiger partial charge < -0.3 is 10.3 Å². The van der Waals surface area contributed by atoms with Crippen LogP contribution in [-0.2, 0) is 17.6 Å². The van der Waals surface area contributed by atoms with E-state index in [0.29, 0.717) is 19.3 Å². The highest BCUT2D eigenvalue weighted by atomic mass is 16.1. The molecular weight excluding hydrogens is 314 g/mol. The van der Waals surface area contributed by atoms with Gasteiger partial charge >= 0.3 is 0 Å². The summed E-state index contributed by atoms with van der Waals surface area (Å²) in [6.45, 7) is 6.12. The summed E-state index contributed by atoms with van der Waals surface area (Å²) >= 11 is 0. The molecule has 2 N–H and O–H groups in total. The Morgan fingerprint density at radius 2 is 2.12 bits per heavy atom. The average Bonchev–Trinajstić information content (AvgIpc) is 3.01. The molecule has 3 aromatic rings. The summed E-state index contributed by atoms with van der Waals surface area (Å²) in [7, 11) is 0. The van der Waals surface area contributed by atoms with Crippen LogP contribution in [0.15, 0.2) is 30.7 Å². The van der Waals surface area contributed by atoms with E-state index < -0.39 is 0 Å². The first-order valence-corrected chi connectivity index (χ1v) is 8.52. The van der Waals surface area contributed by atoms with Crippen molar-refractivity contribution in [3.63, 3.8) is 0 Å². The first-order chi connectivity index (χ1) is 12.0. The summed E-state index contributed by atoms with van der Waals surface area (Å²) < 4.78 is 0. The van der Waals surface area contributed by atoms with Crippen molar-refractivity contribution in [2.24, 2.45) is 0 Å². The number of aromatic amines is 1. The van der Waals surface area contributed by atoms with Crippen molar-refractivity contribution in [3.8, 4) is 0 Å². The van der Waals surface area contributed by atoms with Crippen LogP contribution in [0.2, 0.25) is 0 Å². The number of aryl methyl sites for hydroxylation is 3. The third-order valence-corrected chi connectivity index (χ3v) is 4.36.